The predicted octanol–water partition coefficient (Wildman–Crippen LogP) is 1.63. The first-order chi connectivity index (χ1) is 13.2. The number of likely N-dealkylation sites (tertiary alicyclic amines) is 1. The topological polar surface area (TPSA) is 94.9 Å². The van der Waals surface area contributed by atoms with Crippen molar-refractivity contribution >= 4 is 5.91 Å². The normalized spacial score (nSPS) is 17.4. The molecule has 9 nitrogen and oxygen atoms in total. The number of aromatic nitrogens is 6. The summed E-state index contributed by atoms with van der Waals surface area (Å²) in [6, 6.07) is 1.73. The van der Waals surface area contributed by atoms with Crippen LogP contribution in [-0.2, 0) is 20.0 Å². The number of hydrogen-bond donors (Lipinski definition) is 0. The molecule has 0 radical (unpaired) electrons. The van der Waals surface area contributed by atoms with Crippen molar-refractivity contribution in [1.29, 1.82) is 0 Å². The molecule has 1 fully saturated rings. The molecule has 1 atom stereocenters. The van der Waals surface area contributed by atoms with Crippen molar-refractivity contribution < 1.29 is 9.32 Å². The lowest BCUT2D eigenvalue weighted by atomic mass is 9.97. The molecule has 3 aromatic rings. The molecular formula is C18H23N7O2. The van der Waals surface area contributed by atoms with E-state index in [1.807, 2.05) is 34.2 Å². The zero-order valence-corrected chi connectivity index (χ0v) is 15.6. The van der Waals surface area contributed by atoms with Crippen LogP contribution in [0.15, 0.2) is 29.3 Å². The van der Waals surface area contributed by atoms with Crippen LogP contribution in [0.3, 0.4) is 0 Å². The highest BCUT2D eigenvalue weighted by atomic mass is 16.5. The first-order valence-corrected chi connectivity index (χ1v) is 9.24. The van der Waals surface area contributed by atoms with Crippen LogP contribution in [0.25, 0.3) is 0 Å². The number of rotatable bonds is 5. The van der Waals surface area contributed by atoms with Gasteiger partial charge in [0.2, 0.25) is 0 Å². The minimum absolute atomic E-state index is 0.0797. The van der Waals surface area contributed by atoms with Crippen LogP contribution in [-0.4, -0.2) is 53.4 Å². The zero-order valence-electron chi connectivity index (χ0n) is 15.6. The van der Waals surface area contributed by atoms with E-state index in [1.165, 1.54) is 0 Å². The summed E-state index contributed by atoms with van der Waals surface area (Å²) < 4.78 is 9.17. The summed E-state index contributed by atoms with van der Waals surface area (Å²) in [6.07, 6.45) is 8.05. The Morgan fingerprint density at radius 1 is 1.37 bits per heavy atom. The summed E-state index contributed by atoms with van der Waals surface area (Å²) in [4.78, 5) is 18.7. The maximum atomic E-state index is 12.8. The summed E-state index contributed by atoms with van der Waals surface area (Å²) in [7, 11) is 1.98. The van der Waals surface area contributed by atoms with Crippen molar-refractivity contribution in [3.05, 3.63) is 47.9 Å². The highest BCUT2D eigenvalue weighted by Gasteiger charge is 2.30. The van der Waals surface area contributed by atoms with Crippen LogP contribution in [0.4, 0.5) is 0 Å². The lowest BCUT2D eigenvalue weighted by Gasteiger charge is -2.31. The summed E-state index contributed by atoms with van der Waals surface area (Å²) in [5, 5.41) is 12.7. The van der Waals surface area contributed by atoms with Crippen molar-refractivity contribution in [2.24, 2.45) is 7.05 Å². The van der Waals surface area contributed by atoms with Crippen LogP contribution in [0.1, 0.15) is 53.6 Å². The van der Waals surface area contributed by atoms with Gasteiger partial charge in [-0.1, -0.05) is 12.1 Å². The third-order valence-corrected chi connectivity index (χ3v) is 5.08. The minimum atomic E-state index is -0.0797. The molecule has 4 rings (SSSR count). The van der Waals surface area contributed by atoms with E-state index in [-0.39, 0.29) is 11.8 Å². The van der Waals surface area contributed by atoms with E-state index in [2.05, 4.69) is 20.3 Å². The number of nitrogens with zero attached hydrogens (tertiary/aromatic N) is 7. The maximum Gasteiger partial charge on any atom is 0.276 e. The number of amides is 1. The molecule has 9 heteroatoms. The summed E-state index contributed by atoms with van der Waals surface area (Å²) in [5.74, 6) is 2.59. The number of imidazole rings is 1. The van der Waals surface area contributed by atoms with Gasteiger partial charge in [-0.3, -0.25) is 4.79 Å². The van der Waals surface area contributed by atoms with Gasteiger partial charge in [-0.15, -0.1) is 10.2 Å². The smallest absolute Gasteiger partial charge is 0.276 e. The number of hydrogen-bond acceptors (Lipinski definition) is 6. The molecule has 0 aromatic carbocycles. The van der Waals surface area contributed by atoms with Gasteiger partial charge in [-0.2, -0.15) is 0 Å². The highest BCUT2D eigenvalue weighted by Crippen LogP contribution is 2.27. The Balaban J connectivity index is 1.48. The number of aryl methyl sites for hydroxylation is 1. The quantitative estimate of drug-likeness (QED) is 0.678. The van der Waals surface area contributed by atoms with Gasteiger partial charge in [0, 0.05) is 50.9 Å². The van der Waals surface area contributed by atoms with Gasteiger partial charge in [0.05, 0.1) is 12.9 Å². The van der Waals surface area contributed by atoms with Gasteiger partial charge in [0.15, 0.2) is 11.5 Å². The van der Waals surface area contributed by atoms with Crippen molar-refractivity contribution in [3.8, 4) is 0 Å². The average molecular weight is 369 g/mol. The second-order valence-corrected chi connectivity index (χ2v) is 6.89. The molecule has 0 saturated carbocycles. The molecule has 0 unspecified atom stereocenters. The van der Waals surface area contributed by atoms with Gasteiger partial charge in [-0.05, 0) is 12.8 Å². The molecule has 4 heterocycles. The molecule has 3 aromatic heterocycles. The van der Waals surface area contributed by atoms with E-state index in [1.54, 1.807) is 18.6 Å². The molecular weight excluding hydrogens is 346 g/mol. The minimum Gasteiger partial charge on any atom is -0.361 e. The Hall–Kier alpha value is -2.97. The lowest BCUT2D eigenvalue weighted by molar-refractivity contribution is 0.0693. The van der Waals surface area contributed by atoms with Gasteiger partial charge in [0.25, 0.3) is 5.91 Å². The average Bonchev–Trinajstić information content (AvgIpc) is 3.44. The third kappa shape index (κ3) is 3.49. The molecule has 0 N–H and O–H groups in total. The fourth-order valence-electron chi connectivity index (χ4n) is 3.53. The molecule has 27 heavy (non-hydrogen) atoms. The largest absolute Gasteiger partial charge is 0.361 e. The Kier molecular flexibility index (Phi) is 4.74. The van der Waals surface area contributed by atoms with Crippen molar-refractivity contribution in [1.82, 2.24) is 34.4 Å². The SMILES string of the molecule is CCc1cc(C(=O)N2CCC[C@H](c3nnc(Cn4ccnc4)n3C)C2)no1. The van der Waals surface area contributed by atoms with Crippen LogP contribution in [0.2, 0.25) is 0 Å². The van der Waals surface area contributed by atoms with Crippen molar-refractivity contribution in [3.63, 3.8) is 0 Å². The Bertz CT molecular complexity index is 912. The predicted molar refractivity (Wildman–Crippen MR) is 96.1 cm³/mol. The number of carbonyl (C=O) groups is 1. The maximum absolute atomic E-state index is 12.8. The van der Waals surface area contributed by atoms with Crippen molar-refractivity contribution in [2.75, 3.05) is 13.1 Å². The molecule has 0 spiro atoms. The monoisotopic (exact) mass is 369 g/mol. The number of piperidine rings is 1. The summed E-state index contributed by atoms with van der Waals surface area (Å²) in [5.41, 5.74) is 0.381. The summed E-state index contributed by atoms with van der Waals surface area (Å²) >= 11 is 0. The van der Waals surface area contributed by atoms with Gasteiger partial charge < -0.3 is 18.6 Å². The first kappa shape index (κ1) is 17.4. The van der Waals surface area contributed by atoms with Gasteiger partial charge in [-0.25, -0.2) is 4.98 Å². The molecule has 1 aliphatic rings. The first-order valence-electron chi connectivity index (χ1n) is 9.24. The van der Waals surface area contributed by atoms with E-state index >= 15 is 0 Å². The van der Waals surface area contributed by atoms with Crippen LogP contribution in [0.5, 0.6) is 0 Å². The van der Waals surface area contributed by atoms with E-state index in [0.29, 0.717) is 18.8 Å². The third-order valence-electron chi connectivity index (χ3n) is 5.08. The van der Waals surface area contributed by atoms with Crippen molar-refractivity contribution in [2.45, 2.75) is 38.6 Å². The molecule has 1 amide bonds. The Morgan fingerprint density at radius 2 is 2.26 bits per heavy atom. The fraction of sp³-hybridized carbons (Fsp3) is 0.500. The second-order valence-electron chi connectivity index (χ2n) is 6.89. The summed E-state index contributed by atoms with van der Waals surface area (Å²) in [6.45, 7) is 3.94. The molecule has 1 aliphatic heterocycles. The molecule has 1 saturated heterocycles. The van der Waals surface area contributed by atoms with Crippen LogP contribution < -0.4 is 0 Å². The van der Waals surface area contributed by atoms with Gasteiger partial charge in [0.1, 0.15) is 11.6 Å². The zero-order chi connectivity index (χ0) is 18.8. The van der Waals surface area contributed by atoms with E-state index in [0.717, 1.165) is 43.2 Å². The molecule has 0 aliphatic carbocycles. The van der Waals surface area contributed by atoms with Crippen LogP contribution in [0, 0.1) is 0 Å². The molecule has 0 bridgehead atoms. The molecule has 142 valence electrons. The van der Waals surface area contributed by atoms with E-state index < -0.39 is 0 Å². The Morgan fingerprint density at radius 3 is 3.00 bits per heavy atom. The number of carbonyl (C=O) groups excluding carboxylic acids is 1. The standard InChI is InChI=1S/C18H23N7O2/c1-3-14-9-15(22-27-14)18(26)25-7-4-5-13(10-25)17-21-20-16(23(17)2)11-24-8-6-19-12-24/h6,8-9,12-13H,3-5,7,10-11H2,1-2H3/t13-/m0/s1. The van der Waals surface area contributed by atoms with Crippen LogP contribution >= 0.6 is 0 Å². The Labute approximate surface area is 157 Å². The van der Waals surface area contributed by atoms with E-state index in [4.69, 9.17) is 4.52 Å². The van der Waals surface area contributed by atoms with Gasteiger partial charge >= 0.3 is 0 Å². The van der Waals surface area contributed by atoms with E-state index in [9.17, 15) is 4.79 Å². The second kappa shape index (κ2) is 7.34. The highest BCUT2D eigenvalue weighted by molar-refractivity contribution is 5.92. The lowest BCUT2D eigenvalue weighted by Crippen LogP contribution is -2.39. The fourth-order valence-corrected chi connectivity index (χ4v) is 3.53.